The van der Waals surface area contributed by atoms with Crippen LogP contribution in [0.2, 0.25) is 0 Å². The molecule has 0 aliphatic carbocycles. The number of benzene rings is 2. The Kier molecular flexibility index (Phi) is 10.9. The summed E-state index contributed by atoms with van der Waals surface area (Å²) >= 11 is 0. The van der Waals surface area contributed by atoms with Gasteiger partial charge < -0.3 is 14.4 Å². The molecule has 0 bridgehead atoms. The molecule has 1 unspecified atom stereocenters. The van der Waals surface area contributed by atoms with Crippen LogP contribution in [-0.2, 0) is 20.7 Å². The van der Waals surface area contributed by atoms with Crippen LogP contribution in [-0.4, -0.2) is 26.0 Å². The molecule has 3 nitrogen and oxygen atoms in total. The maximum atomic E-state index is 6.52. The van der Waals surface area contributed by atoms with E-state index in [1.807, 2.05) is 0 Å². The molecule has 0 aromatic heterocycles. The zero-order valence-electron chi connectivity index (χ0n) is 26.9. The van der Waals surface area contributed by atoms with Gasteiger partial charge in [0.05, 0.1) is 0 Å². The van der Waals surface area contributed by atoms with E-state index in [9.17, 15) is 0 Å². The highest BCUT2D eigenvalue weighted by Crippen LogP contribution is 2.54. The molecule has 0 saturated carbocycles. The van der Waals surface area contributed by atoms with Crippen LogP contribution in [0, 0.1) is 6.92 Å². The van der Waals surface area contributed by atoms with E-state index in [-0.39, 0.29) is 22.8 Å². The molecule has 0 saturated heterocycles. The van der Waals surface area contributed by atoms with Gasteiger partial charge >= 0.3 is 0 Å². The first-order valence-corrected chi connectivity index (χ1v) is 15.5. The van der Waals surface area contributed by atoms with E-state index in [1.54, 1.807) is 7.11 Å². The van der Waals surface area contributed by atoms with E-state index < -0.39 is 0 Å². The monoisotopic (exact) mass is 541 g/mol. The molecule has 4 heteroatoms. The molecule has 0 N–H and O–H groups in total. The highest BCUT2D eigenvalue weighted by molar-refractivity contribution is 7.49. The second kappa shape index (κ2) is 12.7. The lowest BCUT2D eigenvalue weighted by Crippen LogP contribution is -2.40. The van der Waals surface area contributed by atoms with Gasteiger partial charge in [0.1, 0.15) is 5.75 Å². The number of rotatable bonds is 11. The fourth-order valence-electron chi connectivity index (χ4n) is 5.54. The van der Waals surface area contributed by atoms with Crippen LogP contribution in [0.3, 0.4) is 0 Å². The Bertz CT molecular complexity index is 1050. The second-order valence-electron chi connectivity index (χ2n) is 13.4. The first-order valence-electron chi connectivity index (χ1n) is 14.5. The lowest BCUT2D eigenvalue weighted by molar-refractivity contribution is 0.0485. The maximum Gasteiger partial charge on any atom is 0.188 e. The number of ether oxygens (including phenoxy) is 2. The van der Waals surface area contributed by atoms with Gasteiger partial charge in [-0.2, -0.15) is 0 Å². The van der Waals surface area contributed by atoms with Crippen molar-refractivity contribution in [3.63, 3.8) is 0 Å². The van der Waals surface area contributed by atoms with Crippen LogP contribution in [0.5, 0.6) is 5.75 Å². The Labute approximate surface area is 236 Å². The normalized spacial score (nSPS) is 13.3. The summed E-state index contributed by atoms with van der Waals surface area (Å²) in [6, 6.07) is 12.5. The lowest BCUT2D eigenvalue weighted by Gasteiger charge is -2.40. The van der Waals surface area contributed by atoms with Gasteiger partial charge in [-0.15, -0.1) is 0 Å². The molecule has 0 radical (unpaired) electrons. The van der Waals surface area contributed by atoms with Crippen LogP contribution >= 0.6 is 8.58 Å². The Morgan fingerprint density at radius 3 is 1.84 bits per heavy atom. The molecule has 0 aliphatic heterocycles. The molecule has 2 aromatic carbocycles. The van der Waals surface area contributed by atoms with Gasteiger partial charge in [0, 0.05) is 41.2 Å². The van der Waals surface area contributed by atoms with E-state index in [4.69, 9.17) is 9.47 Å². The number of methoxy groups -OCH3 is 1. The Morgan fingerprint density at radius 1 is 0.842 bits per heavy atom. The largest absolute Gasteiger partial charge is 0.467 e. The van der Waals surface area contributed by atoms with Gasteiger partial charge in [-0.25, -0.2) is 0 Å². The van der Waals surface area contributed by atoms with Gasteiger partial charge in [-0.3, -0.25) is 0 Å². The van der Waals surface area contributed by atoms with Crippen molar-refractivity contribution in [2.24, 2.45) is 0 Å². The van der Waals surface area contributed by atoms with E-state index in [2.05, 4.69) is 125 Å². The molecule has 1 atom stereocenters. The molecule has 0 fully saturated rings. The third-order valence-corrected chi connectivity index (χ3v) is 10.2. The van der Waals surface area contributed by atoms with Gasteiger partial charge in [0.2, 0.25) is 0 Å². The number of hydrogen-bond donors (Lipinski definition) is 0. The average molecular weight is 542 g/mol. The fraction of sp³-hybridized carbons (Fsp3) is 0.647. The predicted molar refractivity (Wildman–Crippen MR) is 170 cm³/mol. The molecule has 214 valence electrons. The van der Waals surface area contributed by atoms with Gasteiger partial charge in [-0.05, 0) is 80.8 Å². The SMILES string of the molecule is CCC(CC)(Pc1c(C)cccc1N(C(C)C)C(C)C)c1cc(C(C)(C)C)cc(C(C)(C)C)c1OCOC. The van der Waals surface area contributed by atoms with E-state index in [0.717, 1.165) is 18.6 Å². The van der Waals surface area contributed by atoms with E-state index in [0.29, 0.717) is 20.7 Å². The summed E-state index contributed by atoms with van der Waals surface area (Å²) in [5.41, 5.74) is 6.70. The number of hydrogen-bond acceptors (Lipinski definition) is 3. The van der Waals surface area contributed by atoms with Gasteiger partial charge in [0.25, 0.3) is 0 Å². The summed E-state index contributed by atoms with van der Waals surface area (Å²) in [4.78, 5) is 2.58. The molecule has 0 heterocycles. The maximum absolute atomic E-state index is 6.52. The van der Waals surface area contributed by atoms with Crippen molar-refractivity contribution >= 4 is 19.6 Å². The van der Waals surface area contributed by atoms with E-state index in [1.165, 1.54) is 33.2 Å². The smallest absolute Gasteiger partial charge is 0.188 e. The molecule has 0 aliphatic rings. The van der Waals surface area contributed by atoms with Crippen LogP contribution in [0.25, 0.3) is 0 Å². The van der Waals surface area contributed by atoms with Crippen LogP contribution < -0.4 is 14.9 Å². The molecular weight excluding hydrogens is 485 g/mol. The molecular formula is C34H56NO2P. The number of anilines is 1. The third-order valence-electron chi connectivity index (χ3n) is 7.81. The van der Waals surface area contributed by atoms with Crippen LogP contribution in [0.15, 0.2) is 30.3 Å². The molecule has 0 spiro atoms. The minimum atomic E-state index is -0.0602. The third kappa shape index (κ3) is 7.14. The first kappa shape index (κ1) is 32.6. The summed E-state index contributed by atoms with van der Waals surface area (Å²) in [6.07, 6.45) is 2.08. The van der Waals surface area contributed by atoms with Crippen molar-refractivity contribution in [3.05, 3.63) is 52.6 Å². The summed E-state index contributed by atoms with van der Waals surface area (Å²) in [5, 5.41) is 1.43. The van der Waals surface area contributed by atoms with E-state index >= 15 is 0 Å². The summed E-state index contributed by atoms with van der Waals surface area (Å²) < 4.78 is 12.0. The van der Waals surface area contributed by atoms with Crippen LogP contribution in [0.4, 0.5) is 5.69 Å². The Hall–Kier alpha value is -1.57. The van der Waals surface area contributed by atoms with Crippen LogP contribution in [0.1, 0.15) is 118 Å². The standard InChI is InChI=1S/C34H56NO2P/c1-15-34(16-2,38-31-25(7)18-17-19-29(31)35(23(3)4)24(5)6)28-21-26(32(8,9)10)20-27(33(11,12)13)30(28)37-22-36-14/h17-21,23-24,38H,15-16,22H2,1-14H3. The summed E-state index contributed by atoms with van der Waals surface area (Å²) in [5.74, 6) is 1.02. The molecule has 38 heavy (non-hydrogen) atoms. The minimum Gasteiger partial charge on any atom is -0.467 e. The average Bonchev–Trinajstić information content (AvgIpc) is 2.81. The van der Waals surface area contributed by atoms with Crippen molar-refractivity contribution in [2.45, 2.75) is 131 Å². The summed E-state index contributed by atoms with van der Waals surface area (Å²) in [7, 11) is 2.33. The highest BCUT2D eigenvalue weighted by atomic mass is 31.1. The van der Waals surface area contributed by atoms with Crippen molar-refractivity contribution in [1.29, 1.82) is 0 Å². The lowest BCUT2D eigenvalue weighted by atomic mass is 9.76. The first-order chi connectivity index (χ1) is 17.5. The quantitative estimate of drug-likeness (QED) is 0.209. The number of aryl methyl sites for hydroxylation is 1. The van der Waals surface area contributed by atoms with Crippen molar-refractivity contribution < 1.29 is 9.47 Å². The Morgan fingerprint density at radius 2 is 1.39 bits per heavy atom. The van der Waals surface area contributed by atoms with Gasteiger partial charge in [0.15, 0.2) is 6.79 Å². The predicted octanol–water partition coefficient (Wildman–Crippen LogP) is 9.22. The molecule has 2 aromatic rings. The van der Waals surface area contributed by atoms with Crippen molar-refractivity contribution in [2.75, 3.05) is 18.8 Å². The fourth-order valence-corrected chi connectivity index (χ4v) is 7.32. The summed E-state index contributed by atoms with van der Waals surface area (Å²) in [6.45, 7) is 30.3. The highest BCUT2D eigenvalue weighted by Gasteiger charge is 2.38. The van der Waals surface area contributed by atoms with Gasteiger partial charge in [-0.1, -0.05) is 88.2 Å². The molecule has 0 amide bonds. The van der Waals surface area contributed by atoms with Crippen molar-refractivity contribution in [3.8, 4) is 5.75 Å². The zero-order valence-corrected chi connectivity index (χ0v) is 27.9. The second-order valence-corrected chi connectivity index (χ2v) is 15.1. The zero-order chi connectivity index (χ0) is 29.1. The minimum absolute atomic E-state index is 0.0325. The molecule has 2 rings (SSSR count). The number of nitrogens with zero attached hydrogens (tertiary/aromatic N) is 1. The topological polar surface area (TPSA) is 21.7 Å². The Balaban J connectivity index is 2.95. The van der Waals surface area contributed by atoms with Crippen molar-refractivity contribution in [1.82, 2.24) is 0 Å².